The highest BCUT2D eigenvalue weighted by molar-refractivity contribution is 8.01. The molecule has 2 N–H and O–H groups in total. The Morgan fingerprint density at radius 2 is 2.07 bits per heavy atom. The number of hydrogen-bond acceptors (Lipinski definition) is 8. The summed E-state index contributed by atoms with van der Waals surface area (Å²) in [5.74, 6) is 5.56. The molecule has 1 aliphatic rings. The molecule has 3 aromatic rings. The van der Waals surface area contributed by atoms with Crippen molar-refractivity contribution in [2.75, 3.05) is 30.4 Å². The molecule has 0 amide bonds. The summed E-state index contributed by atoms with van der Waals surface area (Å²) in [6.07, 6.45) is 0. The summed E-state index contributed by atoms with van der Waals surface area (Å²) >= 11 is 1.38. The van der Waals surface area contributed by atoms with Crippen LogP contribution in [0.3, 0.4) is 0 Å². The zero-order valence-corrected chi connectivity index (χ0v) is 18.7. The number of thiazole rings is 1. The molecular weight excluding hydrogens is 418 g/mol. The molecule has 158 valence electrons. The zero-order valence-electron chi connectivity index (χ0n) is 17.1. The Morgan fingerprint density at radius 1 is 1.30 bits per heavy atom. The minimum atomic E-state index is -2.61. The van der Waals surface area contributed by atoms with Gasteiger partial charge in [-0.15, -0.1) is 11.3 Å². The number of aryl methyl sites for hydroxylation is 1. The molecule has 7 nitrogen and oxygen atoms in total. The van der Waals surface area contributed by atoms with E-state index in [0.717, 1.165) is 23.6 Å². The Labute approximate surface area is 181 Å². The predicted molar refractivity (Wildman–Crippen MR) is 124 cm³/mol. The van der Waals surface area contributed by atoms with E-state index >= 15 is 0 Å². The number of anilines is 2. The van der Waals surface area contributed by atoms with Gasteiger partial charge in [0.1, 0.15) is 5.82 Å². The van der Waals surface area contributed by atoms with Crippen LogP contribution in [0.4, 0.5) is 11.5 Å². The molecule has 1 saturated heterocycles. The highest BCUT2D eigenvalue weighted by Gasteiger charge is 2.23. The van der Waals surface area contributed by atoms with Gasteiger partial charge in [0.2, 0.25) is 0 Å². The monoisotopic (exact) mass is 443 g/mol. The molecule has 0 radical (unpaired) electrons. The smallest absolute Gasteiger partial charge is 0.172 e. The summed E-state index contributed by atoms with van der Waals surface area (Å²) in [5, 5.41) is 1.89. The third kappa shape index (κ3) is 4.48. The van der Waals surface area contributed by atoms with E-state index < -0.39 is 9.52 Å². The molecule has 30 heavy (non-hydrogen) atoms. The highest BCUT2D eigenvalue weighted by Crippen LogP contribution is 2.26. The third-order valence-corrected chi connectivity index (χ3v) is 8.34. The van der Waals surface area contributed by atoms with Crippen molar-refractivity contribution in [2.45, 2.75) is 30.0 Å². The molecule has 2 aromatic heterocycles. The molecule has 0 spiro atoms. The average molecular weight is 444 g/mol. The highest BCUT2D eigenvalue weighted by atomic mass is 32.2. The number of morpholine rings is 1. The van der Waals surface area contributed by atoms with Crippen LogP contribution in [0.25, 0.3) is 11.4 Å². The molecule has 1 aromatic carbocycles. The van der Waals surface area contributed by atoms with Crippen LogP contribution in [-0.2, 0) is 20.0 Å². The fourth-order valence-corrected chi connectivity index (χ4v) is 5.94. The van der Waals surface area contributed by atoms with E-state index in [0.29, 0.717) is 34.8 Å². The number of nitrogens with zero attached hydrogens (tertiary/aromatic N) is 4. The van der Waals surface area contributed by atoms with Gasteiger partial charge in [-0.25, -0.2) is 15.0 Å². The van der Waals surface area contributed by atoms with Crippen molar-refractivity contribution < 1.29 is 8.95 Å². The van der Waals surface area contributed by atoms with E-state index in [1.807, 2.05) is 42.6 Å². The van der Waals surface area contributed by atoms with Crippen LogP contribution in [0.15, 0.2) is 40.1 Å². The van der Waals surface area contributed by atoms with Crippen molar-refractivity contribution in [3.05, 3.63) is 47.1 Å². The van der Waals surface area contributed by atoms with Crippen molar-refractivity contribution in [1.82, 2.24) is 15.0 Å². The number of hydrogen-bond donors (Lipinski definition) is 1. The van der Waals surface area contributed by atoms with Gasteiger partial charge < -0.3 is 15.4 Å². The molecule has 0 aliphatic carbocycles. The predicted octanol–water partition coefficient (Wildman–Crippen LogP) is 2.99. The normalized spacial score (nSPS) is 18.9. The van der Waals surface area contributed by atoms with Crippen LogP contribution in [0.5, 0.6) is 0 Å². The number of ether oxygens (including phenoxy) is 1. The first-order valence-corrected chi connectivity index (χ1v) is 12.4. The number of nitrogen functional groups attached to an aromatic ring is 1. The van der Waals surface area contributed by atoms with Crippen molar-refractivity contribution in [1.29, 1.82) is 0 Å². The minimum absolute atomic E-state index is 0.187. The van der Waals surface area contributed by atoms with Crippen molar-refractivity contribution in [3.63, 3.8) is 0 Å². The van der Waals surface area contributed by atoms with Crippen LogP contribution >= 0.6 is 11.3 Å². The summed E-state index contributed by atoms with van der Waals surface area (Å²) < 4.78 is 19.5. The molecule has 4 rings (SSSR count). The van der Waals surface area contributed by atoms with Crippen LogP contribution in [0.2, 0.25) is 0 Å². The van der Waals surface area contributed by atoms with Gasteiger partial charge in [0.15, 0.2) is 10.2 Å². The SMILES string of the molecule is C=S(=O)(Cc1cc(N2CCOC[C@@H]2C)nc(-c2ccc(N)cc2)n1)c1nc(C)cs1. The van der Waals surface area contributed by atoms with E-state index in [4.69, 9.17) is 20.4 Å². The standard InChI is InChI=1S/C21H25N5O2S2/c1-14-12-29-21(23-14)30(3,27)13-18-10-19(26-8-9-28-11-15(26)2)25-20(24-18)16-4-6-17(22)7-5-16/h4-7,10,12,15H,3,8-9,11,13,22H2,1-2H3/t15-,30?/m0/s1. The van der Waals surface area contributed by atoms with Crippen LogP contribution < -0.4 is 10.6 Å². The number of benzene rings is 1. The van der Waals surface area contributed by atoms with Crippen LogP contribution in [0, 0.1) is 6.92 Å². The molecule has 2 atom stereocenters. The van der Waals surface area contributed by atoms with E-state index in [1.165, 1.54) is 11.3 Å². The fourth-order valence-electron chi connectivity index (χ4n) is 3.34. The Morgan fingerprint density at radius 3 is 2.73 bits per heavy atom. The van der Waals surface area contributed by atoms with Gasteiger partial charge in [-0.3, -0.25) is 4.21 Å². The maximum Gasteiger partial charge on any atom is 0.172 e. The molecule has 1 fully saturated rings. The van der Waals surface area contributed by atoms with E-state index in [9.17, 15) is 4.21 Å². The first-order chi connectivity index (χ1) is 14.3. The molecule has 9 heteroatoms. The molecule has 3 heterocycles. The average Bonchev–Trinajstić information content (AvgIpc) is 3.16. The molecule has 0 bridgehead atoms. The maximum absolute atomic E-state index is 13.3. The minimum Gasteiger partial charge on any atom is -0.399 e. The molecule has 0 saturated carbocycles. The quantitative estimate of drug-likeness (QED) is 0.478. The Balaban J connectivity index is 1.76. The second-order valence-electron chi connectivity index (χ2n) is 7.49. The van der Waals surface area contributed by atoms with Gasteiger partial charge >= 0.3 is 0 Å². The molecule has 1 aliphatic heterocycles. The Bertz CT molecular complexity index is 1140. The first-order valence-electron chi connectivity index (χ1n) is 9.67. The lowest BCUT2D eigenvalue weighted by atomic mass is 10.2. The summed E-state index contributed by atoms with van der Waals surface area (Å²) in [7, 11) is -2.61. The number of aromatic nitrogens is 3. The van der Waals surface area contributed by atoms with Gasteiger partial charge in [0.05, 0.1) is 30.7 Å². The van der Waals surface area contributed by atoms with Crippen LogP contribution in [-0.4, -0.2) is 50.8 Å². The topological polar surface area (TPSA) is 94.2 Å². The van der Waals surface area contributed by atoms with Gasteiger partial charge in [-0.1, -0.05) is 0 Å². The molecule has 1 unspecified atom stereocenters. The van der Waals surface area contributed by atoms with Crippen LogP contribution in [0.1, 0.15) is 18.3 Å². The van der Waals surface area contributed by atoms with Crippen molar-refractivity contribution >= 4 is 38.2 Å². The van der Waals surface area contributed by atoms with Crippen molar-refractivity contribution in [3.8, 4) is 11.4 Å². The summed E-state index contributed by atoms with van der Waals surface area (Å²) in [6, 6.07) is 9.54. The van der Waals surface area contributed by atoms with E-state index in [-0.39, 0.29) is 11.8 Å². The first kappa shape index (κ1) is 20.8. The number of nitrogens with two attached hydrogens (primary N) is 1. The lowest BCUT2D eigenvalue weighted by molar-refractivity contribution is 0.0985. The van der Waals surface area contributed by atoms with E-state index in [1.54, 1.807) is 0 Å². The zero-order chi connectivity index (χ0) is 21.3. The van der Waals surface area contributed by atoms with Gasteiger partial charge in [-0.05, 0) is 44.0 Å². The lowest BCUT2D eigenvalue weighted by Gasteiger charge is -2.34. The largest absolute Gasteiger partial charge is 0.399 e. The maximum atomic E-state index is 13.3. The van der Waals surface area contributed by atoms with Gasteiger partial charge in [-0.2, -0.15) is 0 Å². The van der Waals surface area contributed by atoms with Crippen molar-refractivity contribution in [2.24, 2.45) is 0 Å². The van der Waals surface area contributed by atoms with E-state index in [2.05, 4.69) is 22.7 Å². The Kier molecular flexibility index (Phi) is 5.77. The summed E-state index contributed by atoms with van der Waals surface area (Å²) in [6.45, 7) is 6.01. The lowest BCUT2D eigenvalue weighted by Crippen LogP contribution is -2.44. The summed E-state index contributed by atoms with van der Waals surface area (Å²) in [4.78, 5) is 16.1. The Hall–Kier alpha value is -2.49. The third-order valence-electron chi connectivity index (χ3n) is 4.89. The second kappa shape index (κ2) is 8.33. The summed E-state index contributed by atoms with van der Waals surface area (Å²) in [5.41, 5.74) is 8.89. The van der Waals surface area contributed by atoms with Gasteiger partial charge in [0, 0.05) is 44.5 Å². The second-order valence-corrected chi connectivity index (χ2v) is 10.9. The molecular formula is C21H25N5O2S2. The van der Waals surface area contributed by atoms with Gasteiger partial charge in [0.25, 0.3) is 0 Å². The fraction of sp³-hybridized carbons (Fsp3) is 0.333. The number of rotatable bonds is 5.